The summed E-state index contributed by atoms with van der Waals surface area (Å²) in [4.78, 5) is 25.3. The van der Waals surface area contributed by atoms with E-state index in [1.54, 1.807) is 6.92 Å². The van der Waals surface area contributed by atoms with Crippen molar-refractivity contribution in [1.82, 2.24) is 0 Å². The minimum atomic E-state index is -0.403. The van der Waals surface area contributed by atoms with Gasteiger partial charge in [-0.15, -0.1) is 11.3 Å². The molecule has 2 rings (SSSR count). The molecule has 4 nitrogen and oxygen atoms in total. The lowest BCUT2D eigenvalue weighted by atomic mass is 9.99. The van der Waals surface area contributed by atoms with E-state index in [9.17, 15) is 9.59 Å². The van der Waals surface area contributed by atoms with Crippen molar-refractivity contribution >= 4 is 28.2 Å². The van der Waals surface area contributed by atoms with Gasteiger partial charge in [0.05, 0.1) is 12.2 Å². The molecule has 0 aliphatic heterocycles. The molecule has 2 aromatic rings. The minimum absolute atomic E-state index is 0.110. The molecule has 1 aromatic heterocycles. The number of esters is 1. The van der Waals surface area contributed by atoms with Crippen molar-refractivity contribution in [3.63, 3.8) is 0 Å². The number of rotatable bonds is 6. The summed E-state index contributed by atoms with van der Waals surface area (Å²) in [5, 5.41) is 3.41. The summed E-state index contributed by atoms with van der Waals surface area (Å²) < 4.78 is 5.13. The third kappa shape index (κ3) is 4.23. The summed E-state index contributed by atoms with van der Waals surface area (Å²) in [6.45, 7) is 7.80. The number of amides is 1. The zero-order chi connectivity index (χ0) is 17.7. The fourth-order valence-electron chi connectivity index (χ4n) is 2.24. The van der Waals surface area contributed by atoms with Crippen molar-refractivity contribution in [2.45, 2.75) is 33.6 Å². The first-order valence-electron chi connectivity index (χ1n) is 8.10. The normalized spacial score (nSPS) is 12.0. The average molecular weight is 345 g/mol. The molecule has 1 aromatic carbocycles. The number of benzene rings is 1. The van der Waals surface area contributed by atoms with Crippen LogP contribution in [0.25, 0.3) is 0 Å². The summed E-state index contributed by atoms with van der Waals surface area (Å²) in [7, 11) is 0. The SMILES string of the molecule is CCOC(=O)c1cc([C@@H](C)c2ccccc2)sc1NC(=O)C(C)C. The summed E-state index contributed by atoms with van der Waals surface area (Å²) in [6.07, 6.45) is 0. The lowest BCUT2D eigenvalue weighted by Gasteiger charge is -2.09. The third-order valence-corrected chi connectivity index (χ3v) is 4.97. The molecule has 24 heavy (non-hydrogen) atoms. The van der Waals surface area contributed by atoms with Crippen LogP contribution in [0.2, 0.25) is 0 Å². The minimum Gasteiger partial charge on any atom is -0.462 e. The highest BCUT2D eigenvalue weighted by Gasteiger charge is 2.22. The van der Waals surface area contributed by atoms with Gasteiger partial charge in [-0.05, 0) is 18.6 Å². The maximum atomic E-state index is 12.2. The Kier molecular flexibility index (Phi) is 6.15. The molecule has 5 heteroatoms. The molecule has 0 fully saturated rings. The Labute approximate surface area is 146 Å². The third-order valence-electron chi connectivity index (χ3n) is 3.73. The monoisotopic (exact) mass is 345 g/mol. The second kappa shape index (κ2) is 8.11. The summed E-state index contributed by atoms with van der Waals surface area (Å²) in [5.74, 6) is -0.535. The van der Waals surface area contributed by atoms with Gasteiger partial charge in [0.15, 0.2) is 0 Å². The van der Waals surface area contributed by atoms with Crippen LogP contribution >= 0.6 is 11.3 Å². The van der Waals surface area contributed by atoms with Gasteiger partial charge < -0.3 is 10.1 Å². The highest BCUT2D eigenvalue weighted by atomic mass is 32.1. The molecule has 1 N–H and O–H groups in total. The molecule has 0 spiro atoms. The van der Waals surface area contributed by atoms with E-state index in [2.05, 4.69) is 24.4 Å². The predicted molar refractivity (Wildman–Crippen MR) is 97.7 cm³/mol. The number of carbonyl (C=O) groups is 2. The fourth-order valence-corrected chi connectivity index (χ4v) is 3.37. The van der Waals surface area contributed by atoms with Crippen LogP contribution in [0.3, 0.4) is 0 Å². The van der Waals surface area contributed by atoms with Gasteiger partial charge in [-0.25, -0.2) is 4.79 Å². The molecule has 1 atom stereocenters. The number of hydrogen-bond acceptors (Lipinski definition) is 4. The van der Waals surface area contributed by atoms with Gasteiger partial charge in [-0.3, -0.25) is 4.79 Å². The maximum Gasteiger partial charge on any atom is 0.341 e. The lowest BCUT2D eigenvalue weighted by molar-refractivity contribution is -0.118. The topological polar surface area (TPSA) is 55.4 Å². The van der Waals surface area contributed by atoms with Crippen LogP contribution in [0, 0.1) is 5.92 Å². The van der Waals surface area contributed by atoms with Crippen LogP contribution in [0.5, 0.6) is 0 Å². The molecule has 0 aliphatic carbocycles. The number of nitrogens with one attached hydrogen (secondary N) is 1. The van der Waals surface area contributed by atoms with E-state index in [1.807, 2.05) is 38.1 Å². The Hall–Kier alpha value is -2.14. The number of anilines is 1. The fraction of sp³-hybridized carbons (Fsp3) is 0.368. The van der Waals surface area contributed by atoms with Crippen molar-refractivity contribution < 1.29 is 14.3 Å². The zero-order valence-electron chi connectivity index (χ0n) is 14.5. The van der Waals surface area contributed by atoms with Crippen LogP contribution in [0.4, 0.5) is 5.00 Å². The summed E-state index contributed by atoms with van der Waals surface area (Å²) in [6, 6.07) is 11.9. The molecule has 0 saturated heterocycles. The number of thiophene rings is 1. The smallest absolute Gasteiger partial charge is 0.341 e. The molecular formula is C19H23NO3S. The van der Waals surface area contributed by atoms with Crippen LogP contribution < -0.4 is 5.32 Å². The molecule has 0 saturated carbocycles. The van der Waals surface area contributed by atoms with Gasteiger partial charge >= 0.3 is 5.97 Å². The number of ether oxygens (including phenoxy) is 1. The van der Waals surface area contributed by atoms with Gasteiger partial charge in [0, 0.05) is 16.7 Å². The largest absolute Gasteiger partial charge is 0.462 e. The van der Waals surface area contributed by atoms with Gasteiger partial charge in [0.25, 0.3) is 0 Å². The Balaban J connectivity index is 2.36. The van der Waals surface area contributed by atoms with Crippen molar-refractivity contribution in [2.75, 3.05) is 11.9 Å². The number of hydrogen-bond donors (Lipinski definition) is 1. The van der Waals surface area contributed by atoms with E-state index < -0.39 is 5.97 Å². The van der Waals surface area contributed by atoms with Crippen molar-refractivity contribution in [1.29, 1.82) is 0 Å². The van der Waals surface area contributed by atoms with Crippen LogP contribution in [-0.4, -0.2) is 18.5 Å². The molecular weight excluding hydrogens is 322 g/mol. The van der Waals surface area contributed by atoms with Gasteiger partial charge in [-0.2, -0.15) is 0 Å². The van der Waals surface area contributed by atoms with E-state index >= 15 is 0 Å². The molecule has 0 aliphatic rings. The quantitative estimate of drug-likeness (QED) is 0.774. The first-order chi connectivity index (χ1) is 11.4. The average Bonchev–Trinajstić information content (AvgIpc) is 2.99. The zero-order valence-corrected chi connectivity index (χ0v) is 15.3. The van der Waals surface area contributed by atoms with E-state index in [0.29, 0.717) is 17.2 Å². The Bertz CT molecular complexity index is 707. The molecule has 0 radical (unpaired) electrons. The highest BCUT2D eigenvalue weighted by Crippen LogP contribution is 2.36. The van der Waals surface area contributed by atoms with E-state index in [1.165, 1.54) is 11.3 Å². The van der Waals surface area contributed by atoms with Gasteiger partial charge in [0.2, 0.25) is 5.91 Å². The summed E-state index contributed by atoms with van der Waals surface area (Å²) in [5.41, 5.74) is 1.59. The van der Waals surface area contributed by atoms with E-state index in [-0.39, 0.29) is 17.7 Å². The van der Waals surface area contributed by atoms with Crippen LogP contribution in [-0.2, 0) is 9.53 Å². The lowest BCUT2D eigenvalue weighted by Crippen LogP contribution is -2.18. The molecule has 0 bridgehead atoms. The van der Waals surface area contributed by atoms with Crippen molar-refractivity contribution in [3.05, 3.63) is 52.4 Å². The first kappa shape index (κ1) is 18.2. The van der Waals surface area contributed by atoms with Crippen molar-refractivity contribution in [2.24, 2.45) is 5.92 Å². The van der Waals surface area contributed by atoms with Gasteiger partial charge in [0.1, 0.15) is 5.00 Å². The highest BCUT2D eigenvalue weighted by molar-refractivity contribution is 7.16. The first-order valence-corrected chi connectivity index (χ1v) is 8.92. The van der Waals surface area contributed by atoms with Crippen LogP contribution in [0.15, 0.2) is 36.4 Å². The molecule has 1 amide bonds. The molecule has 1 heterocycles. The Morgan fingerprint density at radius 2 is 1.83 bits per heavy atom. The molecule has 128 valence electrons. The van der Waals surface area contributed by atoms with Crippen molar-refractivity contribution in [3.8, 4) is 0 Å². The predicted octanol–water partition coefficient (Wildman–Crippen LogP) is 4.67. The second-order valence-corrected chi connectivity index (χ2v) is 6.97. The van der Waals surface area contributed by atoms with E-state index in [4.69, 9.17) is 4.74 Å². The van der Waals surface area contributed by atoms with Crippen LogP contribution in [0.1, 0.15) is 54.4 Å². The molecule has 0 unspecified atom stereocenters. The maximum absolute atomic E-state index is 12.2. The number of carbonyl (C=O) groups excluding carboxylic acids is 2. The second-order valence-electron chi connectivity index (χ2n) is 5.89. The summed E-state index contributed by atoms with van der Waals surface area (Å²) >= 11 is 1.43. The standard InChI is InChI=1S/C19H23NO3S/c1-5-23-19(22)15-11-16(13(4)14-9-7-6-8-10-14)24-18(15)20-17(21)12(2)3/h6-13H,5H2,1-4H3,(H,20,21)/t13-/m0/s1. The Morgan fingerprint density at radius 1 is 1.17 bits per heavy atom. The Morgan fingerprint density at radius 3 is 2.42 bits per heavy atom. The van der Waals surface area contributed by atoms with Gasteiger partial charge in [-0.1, -0.05) is 51.1 Å². The van der Waals surface area contributed by atoms with E-state index in [0.717, 1.165) is 10.4 Å².